The van der Waals surface area contributed by atoms with Gasteiger partial charge in [0.2, 0.25) is 5.91 Å². The van der Waals surface area contributed by atoms with Gasteiger partial charge in [-0.25, -0.2) is 0 Å². The van der Waals surface area contributed by atoms with Crippen LogP contribution in [0.1, 0.15) is 42.6 Å². The van der Waals surface area contributed by atoms with Crippen molar-refractivity contribution in [3.05, 3.63) is 24.2 Å². The van der Waals surface area contributed by atoms with E-state index in [1.54, 1.807) is 6.07 Å². The van der Waals surface area contributed by atoms with Gasteiger partial charge in [-0.15, -0.1) is 0 Å². The molecule has 2 N–H and O–H groups in total. The first-order valence-corrected chi connectivity index (χ1v) is 9.66. The van der Waals surface area contributed by atoms with E-state index in [0.717, 1.165) is 6.42 Å². The number of Topliss-reactive ketones (excluding diaryl/α,β-unsaturated/α-hetero) is 1. The zero-order valence-electron chi connectivity index (χ0n) is 15.9. The van der Waals surface area contributed by atoms with Gasteiger partial charge >= 0.3 is 6.18 Å². The molecule has 1 aliphatic carbocycles. The van der Waals surface area contributed by atoms with Gasteiger partial charge in [0, 0.05) is 30.5 Å². The van der Waals surface area contributed by atoms with E-state index >= 15 is 0 Å². The maximum atomic E-state index is 13.0. The number of hydrogen-bond acceptors (Lipinski definition) is 5. The maximum Gasteiger partial charge on any atom is 0.389 e. The predicted octanol–water partition coefficient (Wildman–Crippen LogP) is 1.82. The van der Waals surface area contributed by atoms with Gasteiger partial charge in [-0.05, 0) is 31.2 Å². The molecule has 2 fully saturated rings. The number of aromatic nitrogens is 3. The van der Waals surface area contributed by atoms with E-state index in [1.165, 1.54) is 22.0 Å². The second-order valence-corrected chi connectivity index (χ2v) is 7.81. The highest BCUT2D eigenvalue weighted by Crippen LogP contribution is 2.48. The Balaban J connectivity index is 1.49. The molecule has 2 aliphatic rings. The number of amides is 2. The molecular weight excluding hydrogens is 403 g/mol. The molecule has 30 heavy (non-hydrogen) atoms. The van der Waals surface area contributed by atoms with Crippen LogP contribution in [0.25, 0.3) is 10.9 Å². The number of pyridine rings is 1. The molecule has 2 aromatic heterocycles. The van der Waals surface area contributed by atoms with Crippen molar-refractivity contribution in [1.82, 2.24) is 19.7 Å². The first-order chi connectivity index (χ1) is 14.2. The molecule has 0 bridgehead atoms. The van der Waals surface area contributed by atoms with E-state index in [-0.39, 0.29) is 48.7 Å². The minimum atomic E-state index is -4.30. The number of nitrogens with two attached hydrogens (primary N) is 1. The van der Waals surface area contributed by atoms with Crippen LogP contribution < -0.4 is 5.73 Å². The van der Waals surface area contributed by atoms with Crippen molar-refractivity contribution >= 4 is 28.5 Å². The number of carbonyl (C=O) groups is 3. The molecule has 1 aliphatic heterocycles. The van der Waals surface area contributed by atoms with E-state index < -0.39 is 24.5 Å². The van der Waals surface area contributed by atoms with E-state index in [2.05, 4.69) is 10.1 Å². The number of hydrogen-bond donors (Lipinski definition) is 1. The van der Waals surface area contributed by atoms with Crippen molar-refractivity contribution in [1.29, 1.82) is 0 Å². The third-order valence-electron chi connectivity index (χ3n) is 5.72. The fourth-order valence-corrected chi connectivity index (χ4v) is 4.26. The minimum Gasteiger partial charge on any atom is -0.364 e. The molecule has 11 heteroatoms. The van der Waals surface area contributed by atoms with Gasteiger partial charge in [-0.3, -0.25) is 24.0 Å². The lowest BCUT2D eigenvalue weighted by Crippen LogP contribution is -2.44. The van der Waals surface area contributed by atoms with Crippen molar-refractivity contribution in [3.63, 3.8) is 0 Å². The molecule has 0 unspecified atom stereocenters. The molecule has 0 aromatic carbocycles. The molecule has 4 rings (SSSR count). The van der Waals surface area contributed by atoms with Crippen molar-refractivity contribution < 1.29 is 27.6 Å². The summed E-state index contributed by atoms with van der Waals surface area (Å²) in [6.45, 7) is -0.217. The number of rotatable bonds is 7. The molecule has 3 heterocycles. The smallest absolute Gasteiger partial charge is 0.364 e. The van der Waals surface area contributed by atoms with Gasteiger partial charge in [-0.1, -0.05) is 0 Å². The second kappa shape index (κ2) is 7.37. The first kappa shape index (κ1) is 20.3. The Hall–Kier alpha value is -2.98. The zero-order valence-corrected chi connectivity index (χ0v) is 15.9. The lowest BCUT2D eigenvalue weighted by Gasteiger charge is -2.27. The Labute approximate surface area is 169 Å². The van der Waals surface area contributed by atoms with E-state index in [0.29, 0.717) is 17.3 Å². The van der Waals surface area contributed by atoms with Gasteiger partial charge in [0.1, 0.15) is 6.54 Å². The standard InChI is InChI=1S/C19H20F3N5O3/c20-19(21,22)4-1-2-15(28)13-7-10-6-12(10)27(13)16(29)9-26-14-8-24-5-3-11(14)17(25-26)18(23)30/h3,5,8,10,12-13H,1-2,4,6-7,9H2,(H2,23,30)/t10-,12-,13+/m1/s1. The van der Waals surface area contributed by atoms with Crippen LogP contribution >= 0.6 is 0 Å². The van der Waals surface area contributed by atoms with Gasteiger partial charge in [0.25, 0.3) is 5.91 Å². The van der Waals surface area contributed by atoms with Crippen molar-refractivity contribution in [2.24, 2.45) is 11.7 Å². The largest absolute Gasteiger partial charge is 0.389 e. The van der Waals surface area contributed by atoms with Crippen molar-refractivity contribution in [3.8, 4) is 0 Å². The third kappa shape index (κ3) is 3.88. The highest BCUT2D eigenvalue weighted by Gasteiger charge is 2.55. The number of nitrogens with zero attached hydrogens (tertiary/aromatic N) is 4. The van der Waals surface area contributed by atoms with Crippen molar-refractivity contribution in [2.45, 2.75) is 56.9 Å². The summed E-state index contributed by atoms with van der Waals surface area (Å²) < 4.78 is 38.4. The Kier molecular flexibility index (Phi) is 4.99. The van der Waals surface area contributed by atoms with Crippen molar-refractivity contribution in [2.75, 3.05) is 0 Å². The van der Waals surface area contributed by atoms with Crippen LogP contribution in [0.3, 0.4) is 0 Å². The van der Waals surface area contributed by atoms with Crippen LogP contribution in [-0.2, 0) is 16.1 Å². The fraction of sp³-hybridized carbons (Fsp3) is 0.526. The number of ketones is 1. The average Bonchev–Trinajstić information content (AvgIpc) is 3.17. The maximum absolute atomic E-state index is 13.0. The Morgan fingerprint density at radius 1 is 1.23 bits per heavy atom. The molecule has 8 nitrogen and oxygen atoms in total. The van der Waals surface area contributed by atoms with Crippen LogP contribution in [0.5, 0.6) is 0 Å². The second-order valence-electron chi connectivity index (χ2n) is 7.81. The summed E-state index contributed by atoms with van der Waals surface area (Å²) in [4.78, 5) is 42.7. The summed E-state index contributed by atoms with van der Waals surface area (Å²) >= 11 is 0. The predicted molar refractivity (Wildman–Crippen MR) is 98.1 cm³/mol. The quantitative estimate of drug-likeness (QED) is 0.730. The number of alkyl halides is 3. The summed E-state index contributed by atoms with van der Waals surface area (Å²) in [5.41, 5.74) is 5.84. The van der Waals surface area contributed by atoms with Crippen LogP contribution in [0.2, 0.25) is 0 Å². The lowest BCUT2D eigenvalue weighted by atomic mass is 10.0. The van der Waals surface area contributed by atoms with Gasteiger partial charge < -0.3 is 10.6 Å². The Morgan fingerprint density at radius 2 is 2.00 bits per heavy atom. The highest BCUT2D eigenvalue weighted by atomic mass is 19.4. The Morgan fingerprint density at radius 3 is 2.70 bits per heavy atom. The topological polar surface area (TPSA) is 111 Å². The highest BCUT2D eigenvalue weighted by molar-refractivity contribution is 6.04. The number of halogens is 3. The van der Waals surface area contributed by atoms with Crippen LogP contribution in [0.4, 0.5) is 13.2 Å². The van der Waals surface area contributed by atoms with Crippen LogP contribution in [0.15, 0.2) is 18.5 Å². The number of carbonyl (C=O) groups excluding carboxylic acids is 3. The number of fused-ring (bicyclic) bond motifs is 2. The summed E-state index contributed by atoms with van der Waals surface area (Å²) in [7, 11) is 0. The number of likely N-dealkylation sites (tertiary alicyclic amines) is 1. The van der Waals surface area contributed by atoms with Gasteiger partial charge in [0.15, 0.2) is 11.5 Å². The van der Waals surface area contributed by atoms with E-state index in [4.69, 9.17) is 5.73 Å². The zero-order chi connectivity index (χ0) is 21.6. The number of primary amides is 1. The van der Waals surface area contributed by atoms with Gasteiger partial charge in [-0.2, -0.15) is 18.3 Å². The molecule has 2 aromatic rings. The number of piperidine rings is 1. The molecule has 3 atom stereocenters. The summed E-state index contributed by atoms with van der Waals surface area (Å²) in [6.07, 6.45) is -1.61. The lowest BCUT2D eigenvalue weighted by molar-refractivity contribution is -0.142. The van der Waals surface area contributed by atoms with E-state index in [9.17, 15) is 27.6 Å². The summed E-state index contributed by atoms with van der Waals surface area (Å²) in [5, 5.41) is 4.60. The summed E-state index contributed by atoms with van der Waals surface area (Å²) in [5.74, 6) is -1.23. The molecule has 1 saturated carbocycles. The molecule has 160 valence electrons. The minimum absolute atomic E-state index is 0.0192. The Bertz CT molecular complexity index is 1020. The van der Waals surface area contributed by atoms with Crippen LogP contribution in [-0.4, -0.2) is 55.5 Å². The average molecular weight is 423 g/mol. The van der Waals surface area contributed by atoms with E-state index in [1.807, 2.05) is 0 Å². The normalized spacial score (nSPS) is 22.9. The molecule has 0 radical (unpaired) electrons. The third-order valence-corrected chi connectivity index (χ3v) is 5.72. The first-order valence-electron chi connectivity index (χ1n) is 9.66. The SMILES string of the molecule is NC(=O)c1nn(CC(=O)N2[C@@H]3C[C@@H]3C[C@H]2C(=O)CCCC(F)(F)F)c2cnccc12. The fourth-order valence-electron chi connectivity index (χ4n) is 4.26. The molecule has 1 saturated heterocycles. The van der Waals surface area contributed by atoms with Gasteiger partial charge in [0.05, 0.1) is 17.8 Å². The molecular formula is C19H20F3N5O3. The summed E-state index contributed by atoms with van der Waals surface area (Å²) in [6, 6.07) is 0.804. The molecule has 2 amide bonds. The monoisotopic (exact) mass is 423 g/mol. The molecule has 0 spiro atoms. The van der Waals surface area contributed by atoms with Crippen LogP contribution in [0, 0.1) is 5.92 Å².